The monoisotopic (exact) mass is 723 g/mol. The molecule has 4 aromatic rings. The summed E-state index contributed by atoms with van der Waals surface area (Å²) in [6.45, 7) is 16.1. The van der Waals surface area contributed by atoms with E-state index in [2.05, 4.69) is 11.1 Å². The molecule has 2 aromatic carbocycles. The van der Waals surface area contributed by atoms with Crippen LogP contribution >= 0.6 is 0 Å². The molecule has 0 saturated heterocycles. The quantitative estimate of drug-likeness (QED) is 0.112. The summed E-state index contributed by atoms with van der Waals surface area (Å²) in [5.74, 6) is 0.286. The Bertz CT molecular complexity index is 1480. The van der Waals surface area contributed by atoms with Crippen molar-refractivity contribution in [1.29, 1.82) is 0 Å². The van der Waals surface area contributed by atoms with E-state index in [-0.39, 0.29) is 42.5 Å². The minimum Gasteiger partial charge on any atom is -0.512 e. The largest absolute Gasteiger partial charge is 0.512 e. The molecule has 6 heteroatoms. The number of aliphatic hydroxyl groups excluding tert-OH is 1. The molecule has 4 nitrogen and oxygen atoms in total. The Morgan fingerprint density at radius 3 is 2.15 bits per heavy atom. The molecule has 0 saturated carbocycles. The maximum atomic E-state index is 13.7. The second-order valence-electron chi connectivity index (χ2n) is 11.0. The molecule has 0 amide bonds. The fourth-order valence-corrected chi connectivity index (χ4v) is 4.60. The molecule has 1 radical (unpaired) electrons. The standard InChI is InChI=1S/C19H13FNO.C15H28O2.Ir/c1-11-7-12(2)9-13(8-11)18-19-15(10-17(20)22-19)14-5-3-4-6-16(14)21-18;1-7-14(5,8-2)12(16)11-13(17)15(6,9-3)10-4;/h3-8,10H,1-2H3;11,16H,7-10H2,1-6H3;/q-1;;/b;12-11-;. The van der Waals surface area contributed by atoms with Gasteiger partial charge in [-0.3, -0.25) is 9.78 Å². The van der Waals surface area contributed by atoms with Crippen LogP contribution in [0, 0.1) is 36.8 Å². The van der Waals surface area contributed by atoms with E-state index in [1.54, 1.807) is 0 Å². The van der Waals surface area contributed by atoms with Gasteiger partial charge in [0.2, 0.25) is 0 Å². The normalized spacial score (nSPS) is 12.2. The summed E-state index contributed by atoms with van der Waals surface area (Å²) in [6, 6.07) is 15.8. The Kier molecular flexibility index (Phi) is 11.4. The van der Waals surface area contributed by atoms with Crippen LogP contribution in [-0.2, 0) is 24.9 Å². The number of rotatable bonds is 8. The number of hydrogen-bond donors (Lipinski definition) is 1. The topological polar surface area (TPSA) is 63.3 Å². The van der Waals surface area contributed by atoms with Crippen LogP contribution in [0.5, 0.6) is 0 Å². The Morgan fingerprint density at radius 2 is 1.57 bits per heavy atom. The van der Waals surface area contributed by atoms with Crippen molar-refractivity contribution in [3.8, 4) is 11.3 Å². The number of halogens is 1. The van der Waals surface area contributed by atoms with Crippen molar-refractivity contribution < 1.29 is 38.8 Å². The predicted octanol–water partition coefficient (Wildman–Crippen LogP) is 9.85. The molecule has 2 heterocycles. The number of aromatic nitrogens is 1. The number of carbonyl (C=O) groups is 1. The fraction of sp³-hybridized carbons (Fsp3) is 0.412. The van der Waals surface area contributed by atoms with Gasteiger partial charge in [-0.2, -0.15) is 4.39 Å². The van der Waals surface area contributed by atoms with Crippen LogP contribution in [0.1, 0.15) is 78.4 Å². The Hall–Kier alpha value is -2.82. The molecule has 0 spiro atoms. The maximum Gasteiger partial charge on any atom is 0.278 e. The second kappa shape index (κ2) is 13.7. The van der Waals surface area contributed by atoms with Gasteiger partial charge in [-0.05, 0) is 31.7 Å². The van der Waals surface area contributed by atoms with Crippen LogP contribution in [-0.4, -0.2) is 15.9 Å². The van der Waals surface area contributed by atoms with Crippen molar-refractivity contribution in [2.75, 3.05) is 0 Å². The van der Waals surface area contributed by atoms with Crippen molar-refractivity contribution in [3.05, 3.63) is 77.5 Å². The number of nitrogens with zero attached hydrogens (tertiary/aromatic N) is 1. The van der Waals surface area contributed by atoms with Gasteiger partial charge in [0.15, 0.2) is 5.78 Å². The van der Waals surface area contributed by atoms with Crippen LogP contribution in [0.4, 0.5) is 4.39 Å². The number of pyridine rings is 1. The smallest absolute Gasteiger partial charge is 0.278 e. The summed E-state index contributed by atoms with van der Waals surface area (Å²) >= 11 is 0. The Labute approximate surface area is 251 Å². The summed E-state index contributed by atoms with van der Waals surface area (Å²) in [5, 5.41) is 11.8. The van der Waals surface area contributed by atoms with Gasteiger partial charge in [-0.25, -0.2) is 0 Å². The number of ketones is 1. The number of carbonyl (C=O) groups excluding carboxylic acids is 1. The average Bonchev–Trinajstić information content (AvgIpc) is 3.32. The number of allylic oxidation sites excluding steroid dienone is 2. The van der Waals surface area contributed by atoms with Gasteiger partial charge < -0.3 is 9.52 Å². The summed E-state index contributed by atoms with van der Waals surface area (Å²) < 4.78 is 19.0. The molecule has 0 fully saturated rings. The van der Waals surface area contributed by atoms with Crippen molar-refractivity contribution in [2.24, 2.45) is 10.8 Å². The van der Waals surface area contributed by atoms with E-state index in [1.807, 2.05) is 91.8 Å². The number of fused-ring (bicyclic) bond motifs is 3. The van der Waals surface area contributed by atoms with Gasteiger partial charge in [0.05, 0.1) is 5.52 Å². The summed E-state index contributed by atoms with van der Waals surface area (Å²) in [6.07, 6.45) is 4.75. The fourth-order valence-electron chi connectivity index (χ4n) is 4.60. The molecule has 0 aliphatic carbocycles. The van der Waals surface area contributed by atoms with E-state index in [0.29, 0.717) is 11.3 Å². The third-order valence-corrected chi connectivity index (χ3v) is 8.35. The number of aliphatic hydroxyl groups is 1. The van der Waals surface area contributed by atoms with Crippen molar-refractivity contribution in [1.82, 2.24) is 4.98 Å². The van der Waals surface area contributed by atoms with Gasteiger partial charge in [0.1, 0.15) is 11.3 Å². The van der Waals surface area contributed by atoms with Crippen LogP contribution in [0.3, 0.4) is 0 Å². The zero-order valence-corrected chi connectivity index (χ0v) is 27.3. The third kappa shape index (κ3) is 7.08. The summed E-state index contributed by atoms with van der Waals surface area (Å²) in [7, 11) is 0. The Morgan fingerprint density at radius 1 is 0.975 bits per heavy atom. The molecule has 0 unspecified atom stereocenters. The molecule has 1 N–H and O–H groups in total. The minimum absolute atomic E-state index is 0. The second-order valence-corrected chi connectivity index (χ2v) is 11.0. The molecular weight excluding hydrogens is 682 g/mol. The van der Waals surface area contributed by atoms with E-state index < -0.39 is 6.01 Å². The zero-order chi connectivity index (χ0) is 29.0. The van der Waals surface area contributed by atoms with Crippen LogP contribution in [0.2, 0.25) is 0 Å². The first-order valence-electron chi connectivity index (χ1n) is 13.9. The summed E-state index contributed by atoms with van der Waals surface area (Å²) in [5.41, 5.74) is 4.27. The first-order chi connectivity index (χ1) is 18.4. The maximum absolute atomic E-state index is 13.7. The number of furan rings is 1. The summed E-state index contributed by atoms with van der Waals surface area (Å²) in [4.78, 5) is 16.9. The van der Waals surface area contributed by atoms with Gasteiger partial charge in [0, 0.05) is 59.5 Å². The molecule has 2 aromatic heterocycles. The van der Waals surface area contributed by atoms with Crippen molar-refractivity contribution in [3.63, 3.8) is 0 Å². The first-order valence-corrected chi connectivity index (χ1v) is 13.9. The van der Waals surface area contributed by atoms with Gasteiger partial charge in [-0.1, -0.05) is 73.6 Å². The molecule has 4 rings (SSSR count). The number of para-hydroxylation sites is 1. The molecule has 0 atom stereocenters. The van der Waals surface area contributed by atoms with Gasteiger partial charge >= 0.3 is 0 Å². The van der Waals surface area contributed by atoms with Gasteiger partial charge in [0.25, 0.3) is 6.01 Å². The van der Waals surface area contributed by atoms with E-state index in [0.717, 1.165) is 58.7 Å². The van der Waals surface area contributed by atoms with Crippen molar-refractivity contribution >= 4 is 27.7 Å². The molecule has 217 valence electrons. The van der Waals surface area contributed by atoms with Gasteiger partial charge in [-0.15, -0.1) is 34.9 Å². The number of benzene rings is 2. The predicted molar refractivity (Wildman–Crippen MR) is 158 cm³/mol. The number of hydrogen-bond acceptors (Lipinski definition) is 4. The molecule has 40 heavy (non-hydrogen) atoms. The Balaban J connectivity index is 0.000000285. The first kappa shape index (κ1) is 33.4. The number of aryl methyl sites for hydroxylation is 2. The molecule has 0 aliphatic rings. The minimum atomic E-state index is -0.598. The molecule has 0 aliphatic heterocycles. The van der Waals surface area contributed by atoms with E-state index in [4.69, 9.17) is 4.42 Å². The zero-order valence-electron chi connectivity index (χ0n) is 24.9. The third-order valence-electron chi connectivity index (χ3n) is 8.35. The van der Waals surface area contributed by atoms with Crippen molar-refractivity contribution in [2.45, 2.75) is 81.1 Å². The average molecular weight is 723 g/mol. The van der Waals surface area contributed by atoms with E-state index >= 15 is 0 Å². The van der Waals surface area contributed by atoms with Crippen LogP contribution < -0.4 is 0 Å². The molecular formula is C34H41FIrNO3-. The van der Waals surface area contributed by atoms with E-state index in [9.17, 15) is 14.3 Å². The van der Waals surface area contributed by atoms with Crippen LogP contribution in [0.15, 0.2) is 58.7 Å². The van der Waals surface area contributed by atoms with E-state index in [1.165, 1.54) is 12.1 Å². The molecule has 0 bridgehead atoms. The SMILES string of the molecule is CCC(C)(CC)C(=O)/C=C(\O)C(C)(CC)CC.Cc1[c-]c(-c2nc3ccccc3c3cc(F)oc23)cc(C)c1.[Ir]. The van der Waals surface area contributed by atoms with Crippen LogP contribution in [0.25, 0.3) is 33.1 Å².